The molecule has 0 bridgehead atoms. The summed E-state index contributed by atoms with van der Waals surface area (Å²) >= 11 is 0. The minimum absolute atomic E-state index is 0.0507. The van der Waals surface area contributed by atoms with Crippen LogP contribution in [0.25, 0.3) is 0 Å². The van der Waals surface area contributed by atoms with Crippen molar-refractivity contribution >= 4 is 11.8 Å². The van der Waals surface area contributed by atoms with E-state index in [1.807, 2.05) is 19.9 Å². The van der Waals surface area contributed by atoms with Crippen LogP contribution in [-0.2, 0) is 4.74 Å². The topological polar surface area (TPSA) is 114 Å². The maximum atomic E-state index is 12.1. The predicted molar refractivity (Wildman–Crippen MR) is 96.0 cm³/mol. The zero-order valence-corrected chi connectivity index (χ0v) is 15.8. The second kappa shape index (κ2) is 8.52. The van der Waals surface area contributed by atoms with Gasteiger partial charge in [0, 0.05) is 6.07 Å². The summed E-state index contributed by atoms with van der Waals surface area (Å²) in [7, 11) is 0. The van der Waals surface area contributed by atoms with Gasteiger partial charge in [-0.1, -0.05) is 19.9 Å². The first-order valence-corrected chi connectivity index (χ1v) is 8.39. The van der Waals surface area contributed by atoms with E-state index in [1.165, 1.54) is 18.2 Å². The highest BCUT2D eigenvalue weighted by atomic mass is 16.6. The second-order valence-corrected chi connectivity index (χ2v) is 6.92. The highest BCUT2D eigenvalue weighted by molar-refractivity contribution is 5.68. The van der Waals surface area contributed by atoms with Crippen molar-refractivity contribution in [1.29, 1.82) is 5.26 Å². The van der Waals surface area contributed by atoms with Crippen LogP contribution in [0.5, 0.6) is 5.75 Å². The minimum atomic E-state index is -0.723. The number of nitro groups is 1. The van der Waals surface area contributed by atoms with Crippen LogP contribution < -0.4 is 10.1 Å². The standard InChI is InChI=1S/C18H25N3O5/c1-6-18(7-2,20-16(22)26-17(3,4)5)12-25-15-10-8-9-14(21(23)24)13(15)11-19/h8-10H,6-7,12H2,1-5H3,(H,20,22). The van der Waals surface area contributed by atoms with E-state index in [1.54, 1.807) is 20.8 Å². The largest absolute Gasteiger partial charge is 0.489 e. The van der Waals surface area contributed by atoms with Crippen molar-refractivity contribution in [2.75, 3.05) is 6.61 Å². The van der Waals surface area contributed by atoms with E-state index >= 15 is 0 Å². The van der Waals surface area contributed by atoms with Gasteiger partial charge in [-0.25, -0.2) is 4.79 Å². The van der Waals surface area contributed by atoms with Gasteiger partial charge < -0.3 is 14.8 Å². The number of hydrogen-bond acceptors (Lipinski definition) is 6. The lowest BCUT2D eigenvalue weighted by Crippen LogP contribution is -2.53. The van der Waals surface area contributed by atoms with Crippen LogP contribution in [0.15, 0.2) is 18.2 Å². The van der Waals surface area contributed by atoms with E-state index in [4.69, 9.17) is 9.47 Å². The summed E-state index contributed by atoms with van der Waals surface area (Å²) in [5, 5.41) is 23.1. The molecular formula is C18H25N3O5. The minimum Gasteiger partial charge on any atom is -0.489 e. The summed E-state index contributed by atoms with van der Waals surface area (Å²) in [4.78, 5) is 22.6. The Bertz CT molecular complexity index is 700. The fraction of sp³-hybridized carbons (Fsp3) is 0.556. The molecule has 1 rings (SSSR count). The fourth-order valence-corrected chi connectivity index (χ4v) is 2.31. The second-order valence-electron chi connectivity index (χ2n) is 6.92. The maximum Gasteiger partial charge on any atom is 0.408 e. The lowest BCUT2D eigenvalue weighted by Gasteiger charge is -2.33. The maximum absolute atomic E-state index is 12.1. The molecule has 0 unspecified atom stereocenters. The fourth-order valence-electron chi connectivity index (χ4n) is 2.31. The van der Waals surface area contributed by atoms with E-state index in [2.05, 4.69) is 5.32 Å². The zero-order valence-electron chi connectivity index (χ0n) is 15.8. The molecule has 0 radical (unpaired) electrons. The van der Waals surface area contributed by atoms with Crippen molar-refractivity contribution in [1.82, 2.24) is 5.32 Å². The highest BCUT2D eigenvalue weighted by Gasteiger charge is 2.32. The quantitative estimate of drug-likeness (QED) is 0.580. The molecule has 0 aliphatic carbocycles. The van der Waals surface area contributed by atoms with E-state index in [0.29, 0.717) is 12.8 Å². The molecule has 0 heterocycles. The summed E-state index contributed by atoms with van der Waals surface area (Å²) in [6.07, 6.45) is 0.545. The predicted octanol–water partition coefficient (Wildman–Crippen LogP) is 3.93. The Hall–Kier alpha value is -2.82. The number of ether oxygens (including phenoxy) is 2. The Labute approximate surface area is 153 Å². The molecule has 26 heavy (non-hydrogen) atoms. The molecule has 8 heteroatoms. The third-order valence-corrected chi connectivity index (χ3v) is 3.94. The first kappa shape index (κ1) is 21.2. The average molecular weight is 363 g/mol. The third-order valence-electron chi connectivity index (χ3n) is 3.94. The van der Waals surface area contributed by atoms with Gasteiger partial charge in [-0.05, 0) is 39.7 Å². The number of nitro benzene ring substituents is 1. The van der Waals surface area contributed by atoms with Crippen LogP contribution in [0.2, 0.25) is 0 Å². The molecule has 0 fully saturated rings. The van der Waals surface area contributed by atoms with E-state index in [-0.39, 0.29) is 23.6 Å². The van der Waals surface area contributed by atoms with Gasteiger partial charge in [-0.15, -0.1) is 0 Å². The van der Waals surface area contributed by atoms with Gasteiger partial charge in [0.2, 0.25) is 0 Å². The summed E-state index contributed by atoms with van der Waals surface area (Å²) in [6, 6.07) is 6.01. The molecule has 0 aliphatic rings. The van der Waals surface area contributed by atoms with E-state index in [0.717, 1.165) is 0 Å². The average Bonchev–Trinajstić information content (AvgIpc) is 2.56. The van der Waals surface area contributed by atoms with Crippen molar-refractivity contribution in [3.63, 3.8) is 0 Å². The molecule has 1 aromatic rings. The third kappa shape index (κ3) is 5.62. The van der Waals surface area contributed by atoms with Crippen molar-refractivity contribution in [2.24, 2.45) is 0 Å². The highest BCUT2D eigenvalue weighted by Crippen LogP contribution is 2.29. The number of nitrogens with zero attached hydrogens (tertiary/aromatic N) is 2. The van der Waals surface area contributed by atoms with E-state index in [9.17, 15) is 20.2 Å². The van der Waals surface area contributed by atoms with Crippen molar-refractivity contribution in [3.05, 3.63) is 33.9 Å². The summed E-state index contributed by atoms with van der Waals surface area (Å²) in [5.74, 6) is 0.110. The lowest BCUT2D eigenvalue weighted by molar-refractivity contribution is -0.385. The lowest BCUT2D eigenvalue weighted by atomic mass is 9.94. The summed E-state index contributed by atoms with van der Waals surface area (Å²) in [5.41, 5.74) is -1.81. The molecule has 0 atom stereocenters. The molecule has 0 aromatic heterocycles. The van der Waals surface area contributed by atoms with E-state index < -0.39 is 22.2 Å². The Morgan fingerprint density at radius 3 is 2.38 bits per heavy atom. The van der Waals surface area contributed by atoms with Gasteiger partial charge in [0.1, 0.15) is 24.0 Å². The van der Waals surface area contributed by atoms with Gasteiger partial charge in [0.15, 0.2) is 5.56 Å². The number of amides is 1. The van der Waals surface area contributed by atoms with Crippen LogP contribution in [0.1, 0.15) is 53.0 Å². The Morgan fingerprint density at radius 1 is 1.31 bits per heavy atom. The van der Waals surface area contributed by atoms with Gasteiger partial charge in [-0.3, -0.25) is 10.1 Å². The zero-order chi connectivity index (χ0) is 20.0. The van der Waals surface area contributed by atoms with Crippen LogP contribution in [0, 0.1) is 21.4 Å². The smallest absolute Gasteiger partial charge is 0.408 e. The Kier molecular flexibility index (Phi) is 6.95. The van der Waals surface area contributed by atoms with Gasteiger partial charge in [0.05, 0.1) is 10.5 Å². The molecule has 1 N–H and O–H groups in total. The number of carbonyl (C=O) groups is 1. The number of alkyl carbamates (subject to hydrolysis) is 1. The van der Waals surface area contributed by atoms with Gasteiger partial charge in [-0.2, -0.15) is 5.26 Å². The SMILES string of the molecule is CCC(CC)(COc1cccc([N+](=O)[O-])c1C#N)NC(=O)OC(C)(C)C. The number of benzene rings is 1. The summed E-state index contributed by atoms with van der Waals surface area (Å²) in [6.45, 7) is 9.14. The molecule has 0 spiro atoms. The van der Waals surface area contributed by atoms with Crippen LogP contribution >= 0.6 is 0 Å². The number of nitriles is 1. The van der Waals surface area contributed by atoms with Crippen LogP contribution in [0.3, 0.4) is 0 Å². The van der Waals surface area contributed by atoms with Gasteiger partial charge in [0.25, 0.3) is 5.69 Å². The molecule has 1 amide bonds. The molecule has 0 aliphatic heterocycles. The molecule has 142 valence electrons. The van der Waals surface area contributed by atoms with Crippen molar-refractivity contribution < 1.29 is 19.2 Å². The molecule has 8 nitrogen and oxygen atoms in total. The molecule has 1 aromatic carbocycles. The number of hydrogen-bond donors (Lipinski definition) is 1. The normalized spacial score (nSPS) is 11.4. The first-order chi connectivity index (χ1) is 12.1. The number of carbonyl (C=O) groups excluding carboxylic acids is 1. The number of nitrogens with one attached hydrogen (secondary N) is 1. The first-order valence-electron chi connectivity index (χ1n) is 8.39. The van der Waals surface area contributed by atoms with Crippen molar-refractivity contribution in [3.8, 4) is 11.8 Å². The molecular weight excluding hydrogens is 338 g/mol. The Balaban J connectivity index is 3.00. The summed E-state index contributed by atoms with van der Waals surface area (Å²) < 4.78 is 11.0. The van der Waals surface area contributed by atoms with Gasteiger partial charge >= 0.3 is 6.09 Å². The van der Waals surface area contributed by atoms with Crippen LogP contribution in [-0.4, -0.2) is 28.8 Å². The molecule has 0 saturated heterocycles. The monoisotopic (exact) mass is 363 g/mol. The van der Waals surface area contributed by atoms with Crippen LogP contribution in [0.4, 0.5) is 10.5 Å². The van der Waals surface area contributed by atoms with Crippen molar-refractivity contribution in [2.45, 2.75) is 58.6 Å². The Morgan fingerprint density at radius 2 is 1.92 bits per heavy atom. The molecule has 0 saturated carbocycles. The number of rotatable bonds is 7.